The van der Waals surface area contributed by atoms with E-state index in [2.05, 4.69) is 45.0 Å². The molecule has 1 N–H and O–H groups in total. The molecule has 2 rings (SSSR count). The van der Waals surface area contributed by atoms with E-state index in [-0.39, 0.29) is 6.10 Å². The maximum atomic E-state index is 10.6. The lowest BCUT2D eigenvalue weighted by atomic mass is 9.74. The molecule has 1 nitrogen and oxygen atoms in total. The average Bonchev–Trinajstić information content (AvgIpc) is 2.48. The largest absolute Gasteiger partial charge is 0.388 e. The smallest absolute Gasteiger partial charge is 0.0818 e. The van der Waals surface area contributed by atoms with Crippen LogP contribution in [-0.4, -0.2) is 5.11 Å². The molecule has 1 saturated carbocycles. The molecule has 1 heteroatoms. The Bertz CT molecular complexity index is 385. The minimum Gasteiger partial charge on any atom is -0.388 e. The zero-order valence-corrected chi connectivity index (χ0v) is 13.3. The molecule has 0 bridgehead atoms. The predicted molar refractivity (Wildman–Crippen MR) is 85.7 cm³/mol. The molecule has 0 aromatic heterocycles. The van der Waals surface area contributed by atoms with E-state index in [1.165, 1.54) is 37.7 Å². The Balaban J connectivity index is 1.92. The summed E-state index contributed by atoms with van der Waals surface area (Å²) in [6.45, 7) is 6.86. The molecular formula is C19H30O. The molecule has 0 saturated heterocycles. The minimum atomic E-state index is -0.265. The van der Waals surface area contributed by atoms with Gasteiger partial charge in [0.05, 0.1) is 6.10 Å². The minimum absolute atomic E-state index is 0.265. The van der Waals surface area contributed by atoms with Gasteiger partial charge in [0.25, 0.3) is 0 Å². The lowest BCUT2D eigenvalue weighted by molar-refractivity contribution is 0.0668. The van der Waals surface area contributed by atoms with Gasteiger partial charge in [0.2, 0.25) is 0 Å². The van der Waals surface area contributed by atoms with Gasteiger partial charge in [-0.15, -0.1) is 0 Å². The predicted octanol–water partition coefficient (Wildman–Crippen LogP) is 5.13. The van der Waals surface area contributed by atoms with E-state index in [0.717, 1.165) is 23.8 Å². The number of aryl methyl sites for hydroxylation is 1. The number of hydrogen-bond donors (Lipinski definition) is 1. The van der Waals surface area contributed by atoms with Crippen molar-refractivity contribution in [2.45, 2.75) is 65.4 Å². The third-order valence-electron chi connectivity index (χ3n) is 5.07. The van der Waals surface area contributed by atoms with Gasteiger partial charge in [0.15, 0.2) is 0 Å². The van der Waals surface area contributed by atoms with E-state index in [4.69, 9.17) is 0 Å². The first-order chi connectivity index (χ1) is 9.61. The molecular weight excluding hydrogens is 244 g/mol. The molecule has 112 valence electrons. The second-order valence-electron chi connectivity index (χ2n) is 6.86. The zero-order valence-electron chi connectivity index (χ0n) is 13.3. The highest BCUT2D eigenvalue weighted by Gasteiger charge is 2.28. The molecule has 0 heterocycles. The summed E-state index contributed by atoms with van der Waals surface area (Å²) in [6.07, 6.45) is 6.98. The van der Waals surface area contributed by atoms with Crippen LogP contribution in [0.1, 0.15) is 70.1 Å². The first-order valence-electron chi connectivity index (χ1n) is 8.38. The molecule has 1 aliphatic rings. The third kappa shape index (κ3) is 3.85. The molecule has 1 atom stereocenters. The quantitative estimate of drug-likeness (QED) is 0.788. The zero-order chi connectivity index (χ0) is 14.5. The van der Waals surface area contributed by atoms with Gasteiger partial charge in [0.1, 0.15) is 0 Å². The average molecular weight is 274 g/mol. The van der Waals surface area contributed by atoms with Gasteiger partial charge >= 0.3 is 0 Å². The van der Waals surface area contributed by atoms with Crippen molar-refractivity contribution in [3.8, 4) is 0 Å². The summed E-state index contributed by atoms with van der Waals surface area (Å²) in [5.74, 6) is 2.12. The first kappa shape index (κ1) is 15.6. The summed E-state index contributed by atoms with van der Waals surface area (Å²) in [5, 5.41) is 10.6. The van der Waals surface area contributed by atoms with Crippen LogP contribution >= 0.6 is 0 Å². The second-order valence-corrected chi connectivity index (χ2v) is 6.86. The van der Waals surface area contributed by atoms with Crippen molar-refractivity contribution in [1.82, 2.24) is 0 Å². The van der Waals surface area contributed by atoms with E-state index < -0.39 is 0 Å². The van der Waals surface area contributed by atoms with Crippen molar-refractivity contribution in [3.05, 3.63) is 35.4 Å². The maximum absolute atomic E-state index is 10.6. The normalized spacial score (nSPS) is 24.9. The van der Waals surface area contributed by atoms with Gasteiger partial charge in [-0.25, -0.2) is 0 Å². The van der Waals surface area contributed by atoms with Crippen molar-refractivity contribution in [2.24, 2.45) is 17.8 Å². The molecule has 20 heavy (non-hydrogen) atoms. The number of benzene rings is 1. The van der Waals surface area contributed by atoms with Crippen LogP contribution in [0.2, 0.25) is 0 Å². The molecule has 1 fully saturated rings. The van der Waals surface area contributed by atoms with E-state index in [1.807, 2.05) is 0 Å². The first-order valence-corrected chi connectivity index (χ1v) is 8.38. The Hall–Kier alpha value is -0.820. The highest BCUT2D eigenvalue weighted by molar-refractivity contribution is 5.24. The van der Waals surface area contributed by atoms with Gasteiger partial charge in [-0.05, 0) is 61.0 Å². The SMILES string of the molecule is CCCc1ccc(C(O)C2CCC(C(C)C)CC2)cc1. The van der Waals surface area contributed by atoms with Crippen LogP contribution in [0.25, 0.3) is 0 Å². The fourth-order valence-corrected chi connectivity index (χ4v) is 3.57. The standard InChI is InChI=1S/C19H30O/c1-4-5-15-6-8-17(9-7-15)19(20)18-12-10-16(11-13-18)14(2)3/h6-9,14,16,18-20H,4-5,10-13H2,1-3H3. The summed E-state index contributed by atoms with van der Waals surface area (Å²) in [5.41, 5.74) is 2.49. The summed E-state index contributed by atoms with van der Waals surface area (Å²) in [4.78, 5) is 0. The summed E-state index contributed by atoms with van der Waals surface area (Å²) in [6, 6.07) is 8.62. The lowest BCUT2D eigenvalue weighted by Crippen LogP contribution is -2.23. The van der Waals surface area contributed by atoms with Gasteiger partial charge in [-0.2, -0.15) is 0 Å². The highest BCUT2D eigenvalue weighted by atomic mass is 16.3. The molecule has 0 amide bonds. The Morgan fingerprint density at radius 3 is 2.05 bits per heavy atom. The van der Waals surface area contributed by atoms with Crippen LogP contribution in [0.15, 0.2) is 24.3 Å². The Labute approximate surface area is 124 Å². The summed E-state index contributed by atoms with van der Waals surface area (Å²) in [7, 11) is 0. The van der Waals surface area contributed by atoms with E-state index in [9.17, 15) is 5.11 Å². The van der Waals surface area contributed by atoms with Crippen LogP contribution in [0.5, 0.6) is 0 Å². The van der Waals surface area contributed by atoms with Crippen LogP contribution < -0.4 is 0 Å². The van der Waals surface area contributed by atoms with Crippen LogP contribution in [0, 0.1) is 17.8 Å². The number of hydrogen-bond acceptors (Lipinski definition) is 1. The molecule has 0 aliphatic heterocycles. The van der Waals surface area contributed by atoms with E-state index >= 15 is 0 Å². The van der Waals surface area contributed by atoms with E-state index in [0.29, 0.717) is 5.92 Å². The summed E-state index contributed by atoms with van der Waals surface area (Å²) < 4.78 is 0. The van der Waals surface area contributed by atoms with Gasteiger partial charge in [0, 0.05) is 0 Å². The second kappa shape index (κ2) is 7.26. The van der Waals surface area contributed by atoms with Gasteiger partial charge in [-0.3, -0.25) is 0 Å². The van der Waals surface area contributed by atoms with Crippen molar-refractivity contribution in [1.29, 1.82) is 0 Å². The Kier molecular flexibility index (Phi) is 5.65. The Morgan fingerprint density at radius 1 is 1.00 bits per heavy atom. The van der Waals surface area contributed by atoms with Crippen molar-refractivity contribution >= 4 is 0 Å². The third-order valence-corrected chi connectivity index (χ3v) is 5.07. The van der Waals surface area contributed by atoms with Gasteiger partial charge < -0.3 is 5.11 Å². The number of aliphatic hydroxyl groups excluding tert-OH is 1. The summed E-state index contributed by atoms with van der Waals surface area (Å²) >= 11 is 0. The number of aliphatic hydroxyl groups is 1. The highest BCUT2D eigenvalue weighted by Crippen LogP contribution is 2.39. The number of rotatable bonds is 5. The Morgan fingerprint density at radius 2 is 1.55 bits per heavy atom. The molecule has 1 aromatic carbocycles. The topological polar surface area (TPSA) is 20.2 Å². The van der Waals surface area contributed by atoms with Crippen molar-refractivity contribution in [3.63, 3.8) is 0 Å². The van der Waals surface area contributed by atoms with E-state index in [1.54, 1.807) is 0 Å². The fraction of sp³-hybridized carbons (Fsp3) is 0.684. The van der Waals surface area contributed by atoms with Gasteiger partial charge in [-0.1, -0.05) is 51.5 Å². The van der Waals surface area contributed by atoms with Crippen LogP contribution in [-0.2, 0) is 6.42 Å². The van der Waals surface area contributed by atoms with Crippen LogP contribution in [0.3, 0.4) is 0 Å². The fourth-order valence-electron chi connectivity index (χ4n) is 3.57. The molecule has 1 aliphatic carbocycles. The van der Waals surface area contributed by atoms with Crippen LogP contribution in [0.4, 0.5) is 0 Å². The van der Waals surface area contributed by atoms with Crippen molar-refractivity contribution < 1.29 is 5.11 Å². The van der Waals surface area contributed by atoms with Crippen molar-refractivity contribution in [2.75, 3.05) is 0 Å². The molecule has 1 aromatic rings. The molecule has 0 spiro atoms. The monoisotopic (exact) mass is 274 g/mol. The molecule has 0 radical (unpaired) electrons. The maximum Gasteiger partial charge on any atom is 0.0818 e. The lowest BCUT2D eigenvalue weighted by Gasteiger charge is -2.33. The molecule has 1 unspecified atom stereocenters.